The minimum absolute atomic E-state index is 0.132. The molecule has 0 unspecified atom stereocenters. The molecule has 6 heteroatoms. The summed E-state index contributed by atoms with van der Waals surface area (Å²) >= 11 is 0. The quantitative estimate of drug-likeness (QED) is 0.926. The van der Waals surface area contributed by atoms with Crippen LogP contribution in [0.1, 0.15) is 18.2 Å². The van der Waals surface area contributed by atoms with Gasteiger partial charge in [0.1, 0.15) is 5.69 Å². The molecule has 0 atom stereocenters. The van der Waals surface area contributed by atoms with Gasteiger partial charge in [-0.3, -0.25) is 0 Å². The molecule has 0 aliphatic rings. The maximum absolute atomic E-state index is 13.1. The third-order valence-electron chi connectivity index (χ3n) is 3.35. The number of rotatable bonds is 3. The van der Waals surface area contributed by atoms with Gasteiger partial charge in [0.05, 0.1) is 5.52 Å². The molecular formula is C15H18F3N3. The monoisotopic (exact) mass is 297 g/mol. The summed E-state index contributed by atoms with van der Waals surface area (Å²) in [5.74, 6) is 0. The van der Waals surface area contributed by atoms with Crippen molar-refractivity contribution in [1.29, 1.82) is 0 Å². The number of halogens is 3. The lowest BCUT2D eigenvalue weighted by atomic mass is 10.1. The third kappa shape index (κ3) is 2.89. The Bertz CT molecular complexity index is 663. The Morgan fingerprint density at radius 1 is 1.24 bits per heavy atom. The van der Waals surface area contributed by atoms with E-state index in [1.807, 2.05) is 32.0 Å². The molecular weight excluding hydrogens is 279 g/mol. The molecule has 2 aromatic rings. The number of benzene rings is 1. The number of nitrogens with one attached hydrogen (secondary N) is 1. The molecule has 1 aromatic heterocycles. The summed E-state index contributed by atoms with van der Waals surface area (Å²) in [6, 6.07) is 5.24. The van der Waals surface area contributed by atoms with E-state index in [0.717, 1.165) is 5.69 Å². The average Bonchev–Trinajstić information content (AvgIpc) is 2.39. The first-order chi connectivity index (χ1) is 9.75. The SMILES string of the molecule is CCNc1c(C)c(C(F)(F)F)nc2ccc(N(C)C)cc12. The van der Waals surface area contributed by atoms with E-state index >= 15 is 0 Å². The standard InChI is InChI=1S/C15H18F3N3/c1-5-19-13-9(2)14(15(16,17)18)20-12-7-6-10(21(3)4)8-11(12)13/h6-8H,5H2,1-4H3,(H,19,20). The molecule has 3 nitrogen and oxygen atoms in total. The largest absolute Gasteiger partial charge is 0.433 e. The van der Waals surface area contributed by atoms with Crippen molar-refractivity contribution < 1.29 is 13.2 Å². The first kappa shape index (κ1) is 15.4. The summed E-state index contributed by atoms with van der Waals surface area (Å²) in [6.07, 6.45) is -4.46. The summed E-state index contributed by atoms with van der Waals surface area (Å²) in [7, 11) is 3.77. The Kier molecular flexibility index (Phi) is 3.98. The number of aromatic nitrogens is 1. The summed E-state index contributed by atoms with van der Waals surface area (Å²) in [5.41, 5.74) is 1.06. The maximum atomic E-state index is 13.1. The molecule has 0 saturated carbocycles. The predicted octanol–water partition coefficient (Wildman–Crippen LogP) is 4.06. The molecule has 114 valence electrons. The first-order valence-electron chi connectivity index (χ1n) is 6.68. The number of hydrogen-bond acceptors (Lipinski definition) is 3. The van der Waals surface area contributed by atoms with Crippen LogP contribution in [0.25, 0.3) is 10.9 Å². The van der Waals surface area contributed by atoms with Crippen molar-refractivity contribution in [3.8, 4) is 0 Å². The van der Waals surface area contributed by atoms with Crippen LogP contribution in [0, 0.1) is 6.92 Å². The molecule has 0 aliphatic carbocycles. The Labute approximate surface area is 121 Å². The first-order valence-corrected chi connectivity index (χ1v) is 6.68. The normalized spacial score (nSPS) is 11.8. The highest BCUT2D eigenvalue weighted by Gasteiger charge is 2.36. The molecule has 1 heterocycles. The van der Waals surface area contributed by atoms with Crippen LogP contribution in [0.5, 0.6) is 0 Å². The second-order valence-electron chi connectivity index (χ2n) is 5.08. The Hall–Kier alpha value is -1.98. The minimum Gasteiger partial charge on any atom is -0.385 e. The highest BCUT2D eigenvalue weighted by Crippen LogP contribution is 2.37. The van der Waals surface area contributed by atoms with E-state index in [1.165, 1.54) is 6.92 Å². The van der Waals surface area contributed by atoms with Gasteiger partial charge in [-0.1, -0.05) is 0 Å². The molecule has 0 aliphatic heterocycles. The van der Waals surface area contributed by atoms with E-state index in [0.29, 0.717) is 23.1 Å². The van der Waals surface area contributed by atoms with E-state index in [9.17, 15) is 13.2 Å². The van der Waals surface area contributed by atoms with Crippen LogP contribution in [0.15, 0.2) is 18.2 Å². The fourth-order valence-corrected chi connectivity index (χ4v) is 2.31. The van der Waals surface area contributed by atoms with E-state index < -0.39 is 11.9 Å². The lowest BCUT2D eigenvalue weighted by Gasteiger charge is -2.19. The number of anilines is 2. The molecule has 0 spiro atoms. The van der Waals surface area contributed by atoms with Crippen LogP contribution in [-0.4, -0.2) is 25.6 Å². The summed E-state index contributed by atoms with van der Waals surface area (Å²) in [4.78, 5) is 5.71. The lowest BCUT2D eigenvalue weighted by molar-refractivity contribution is -0.141. The molecule has 0 amide bonds. The van der Waals surface area contributed by atoms with Crippen molar-refractivity contribution in [3.63, 3.8) is 0 Å². The topological polar surface area (TPSA) is 28.2 Å². The van der Waals surface area contributed by atoms with Gasteiger partial charge in [-0.05, 0) is 32.0 Å². The van der Waals surface area contributed by atoms with Gasteiger partial charge in [0.25, 0.3) is 0 Å². The van der Waals surface area contributed by atoms with Crippen LogP contribution in [0.3, 0.4) is 0 Å². The maximum Gasteiger partial charge on any atom is 0.433 e. The highest BCUT2D eigenvalue weighted by atomic mass is 19.4. The van der Waals surface area contributed by atoms with E-state index in [-0.39, 0.29) is 5.56 Å². The Morgan fingerprint density at radius 3 is 2.43 bits per heavy atom. The molecule has 0 fully saturated rings. The van der Waals surface area contributed by atoms with Crippen LogP contribution in [-0.2, 0) is 6.18 Å². The zero-order valence-corrected chi connectivity index (χ0v) is 12.5. The third-order valence-corrected chi connectivity index (χ3v) is 3.35. The highest BCUT2D eigenvalue weighted by molar-refractivity contribution is 5.95. The molecule has 0 saturated heterocycles. The smallest absolute Gasteiger partial charge is 0.385 e. The zero-order chi connectivity index (χ0) is 15.8. The van der Waals surface area contributed by atoms with Crippen LogP contribution in [0.4, 0.5) is 24.5 Å². The second-order valence-corrected chi connectivity index (χ2v) is 5.08. The number of fused-ring (bicyclic) bond motifs is 1. The minimum atomic E-state index is -4.46. The van der Waals surface area contributed by atoms with Crippen molar-refractivity contribution in [1.82, 2.24) is 4.98 Å². The van der Waals surface area contributed by atoms with Crippen molar-refractivity contribution in [2.45, 2.75) is 20.0 Å². The van der Waals surface area contributed by atoms with Gasteiger partial charge in [-0.15, -0.1) is 0 Å². The number of pyridine rings is 1. The van der Waals surface area contributed by atoms with Gasteiger partial charge in [0.2, 0.25) is 0 Å². The Balaban J connectivity index is 2.79. The van der Waals surface area contributed by atoms with Crippen LogP contribution < -0.4 is 10.2 Å². The van der Waals surface area contributed by atoms with Gasteiger partial charge in [0.15, 0.2) is 0 Å². The molecule has 1 aromatic carbocycles. The summed E-state index contributed by atoms with van der Waals surface area (Å²) in [5, 5.41) is 3.74. The van der Waals surface area contributed by atoms with Crippen molar-refractivity contribution >= 4 is 22.3 Å². The van der Waals surface area contributed by atoms with Crippen LogP contribution >= 0.6 is 0 Å². The van der Waals surface area contributed by atoms with Gasteiger partial charge < -0.3 is 10.2 Å². The van der Waals surface area contributed by atoms with Crippen molar-refractivity contribution in [2.24, 2.45) is 0 Å². The number of hydrogen-bond donors (Lipinski definition) is 1. The van der Waals surface area contributed by atoms with E-state index in [2.05, 4.69) is 10.3 Å². The van der Waals surface area contributed by atoms with Gasteiger partial charge in [-0.2, -0.15) is 13.2 Å². The Morgan fingerprint density at radius 2 is 1.90 bits per heavy atom. The summed E-state index contributed by atoms with van der Waals surface area (Å²) in [6.45, 7) is 3.85. The van der Waals surface area contributed by atoms with Crippen molar-refractivity contribution in [2.75, 3.05) is 30.9 Å². The number of alkyl halides is 3. The van der Waals surface area contributed by atoms with E-state index in [4.69, 9.17) is 0 Å². The zero-order valence-electron chi connectivity index (χ0n) is 12.5. The van der Waals surface area contributed by atoms with Gasteiger partial charge in [-0.25, -0.2) is 4.98 Å². The molecule has 21 heavy (non-hydrogen) atoms. The molecule has 0 radical (unpaired) electrons. The fraction of sp³-hybridized carbons (Fsp3) is 0.400. The van der Waals surface area contributed by atoms with Crippen molar-refractivity contribution in [3.05, 3.63) is 29.5 Å². The predicted molar refractivity (Wildman–Crippen MR) is 80.0 cm³/mol. The number of nitrogens with zero attached hydrogens (tertiary/aromatic N) is 2. The lowest BCUT2D eigenvalue weighted by Crippen LogP contribution is -2.14. The molecule has 0 bridgehead atoms. The van der Waals surface area contributed by atoms with Gasteiger partial charge in [0, 0.05) is 43.0 Å². The second kappa shape index (κ2) is 5.42. The van der Waals surface area contributed by atoms with Crippen LogP contribution in [0.2, 0.25) is 0 Å². The summed E-state index contributed by atoms with van der Waals surface area (Å²) < 4.78 is 39.3. The molecule has 2 rings (SSSR count). The van der Waals surface area contributed by atoms with E-state index in [1.54, 1.807) is 12.1 Å². The molecule has 1 N–H and O–H groups in total. The fourth-order valence-electron chi connectivity index (χ4n) is 2.31. The average molecular weight is 297 g/mol. The van der Waals surface area contributed by atoms with Gasteiger partial charge >= 0.3 is 6.18 Å².